The second-order valence-electron chi connectivity index (χ2n) is 7.36. The van der Waals surface area contributed by atoms with Gasteiger partial charge in [-0.2, -0.15) is 5.10 Å². The Morgan fingerprint density at radius 2 is 2.00 bits per heavy atom. The molecule has 1 saturated heterocycles. The highest BCUT2D eigenvalue weighted by molar-refractivity contribution is 5.80. The van der Waals surface area contributed by atoms with E-state index in [1.54, 1.807) is 0 Å². The Hall–Kier alpha value is -2.41. The van der Waals surface area contributed by atoms with Crippen LogP contribution in [0.4, 0.5) is 4.39 Å². The van der Waals surface area contributed by atoms with Gasteiger partial charge in [0.2, 0.25) is 0 Å². The molecule has 0 atom stereocenters. The molecular formula is C21H31FN6. The third-order valence-corrected chi connectivity index (χ3v) is 4.95. The smallest absolute Gasteiger partial charge is 0.191 e. The molecule has 152 valence electrons. The first kappa shape index (κ1) is 20.3. The van der Waals surface area contributed by atoms with Crippen LogP contribution < -0.4 is 10.6 Å². The molecule has 0 radical (unpaired) electrons. The number of aromatic nitrogens is 2. The number of nitrogens with one attached hydrogen (secondary N) is 2. The minimum atomic E-state index is -0.176. The highest BCUT2D eigenvalue weighted by Gasteiger charge is 2.20. The Balaban J connectivity index is 1.44. The lowest BCUT2D eigenvalue weighted by atomic mass is 10.0. The van der Waals surface area contributed by atoms with Crippen LogP contribution in [-0.2, 0) is 13.1 Å². The van der Waals surface area contributed by atoms with Gasteiger partial charge in [0, 0.05) is 38.4 Å². The van der Waals surface area contributed by atoms with Crippen molar-refractivity contribution in [1.82, 2.24) is 25.3 Å². The maximum Gasteiger partial charge on any atom is 0.191 e. The van der Waals surface area contributed by atoms with Crippen molar-refractivity contribution in [2.45, 2.75) is 45.8 Å². The van der Waals surface area contributed by atoms with Gasteiger partial charge in [0.25, 0.3) is 0 Å². The minimum absolute atomic E-state index is 0.176. The maximum atomic E-state index is 13.0. The summed E-state index contributed by atoms with van der Waals surface area (Å²) >= 11 is 0. The monoisotopic (exact) mass is 386 g/mol. The first-order chi connectivity index (χ1) is 13.6. The number of likely N-dealkylation sites (tertiary alicyclic amines) is 1. The van der Waals surface area contributed by atoms with Crippen LogP contribution in [0, 0.1) is 12.7 Å². The van der Waals surface area contributed by atoms with E-state index >= 15 is 0 Å². The lowest BCUT2D eigenvalue weighted by Gasteiger charge is -2.33. The van der Waals surface area contributed by atoms with Crippen LogP contribution in [0.5, 0.6) is 0 Å². The molecule has 2 heterocycles. The fourth-order valence-corrected chi connectivity index (χ4v) is 3.45. The summed E-state index contributed by atoms with van der Waals surface area (Å²) < 4.78 is 15.0. The summed E-state index contributed by atoms with van der Waals surface area (Å²) in [6, 6.07) is 7.24. The van der Waals surface area contributed by atoms with Gasteiger partial charge in [-0.3, -0.25) is 14.6 Å². The van der Waals surface area contributed by atoms with E-state index in [2.05, 4.69) is 27.6 Å². The largest absolute Gasteiger partial charge is 0.357 e. The minimum Gasteiger partial charge on any atom is -0.357 e. The predicted molar refractivity (Wildman–Crippen MR) is 111 cm³/mol. The van der Waals surface area contributed by atoms with Gasteiger partial charge in [0.1, 0.15) is 5.82 Å². The summed E-state index contributed by atoms with van der Waals surface area (Å²) in [5.41, 5.74) is 2.33. The molecule has 3 rings (SSSR count). The lowest BCUT2D eigenvalue weighted by molar-refractivity contribution is 0.198. The summed E-state index contributed by atoms with van der Waals surface area (Å²) in [4.78, 5) is 7.12. The second kappa shape index (κ2) is 10.2. The van der Waals surface area contributed by atoms with Crippen LogP contribution in [-0.4, -0.2) is 52.9 Å². The van der Waals surface area contributed by atoms with Crippen LogP contribution in [0.15, 0.2) is 41.7 Å². The summed E-state index contributed by atoms with van der Waals surface area (Å²) in [5.74, 6) is 0.702. The van der Waals surface area contributed by atoms with E-state index in [4.69, 9.17) is 4.99 Å². The van der Waals surface area contributed by atoms with E-state index in [-0.39, 0.29) is 5.82 Å². The summed E-state index contributed by atoms with van der Waals surface area (Å²) in [6.07, 6.45) is 6.05. The first-order valence-corrected chi connectivity index (χ1v) is 10.1. The highest BCUT2D eigenvalue weighted by atomic mass is 19.1. The zero-order chi connectivity index (χ0) is 19.8. The highest BCUT2D eigenvalue weighted by Crippen LogP contribution is 2.14. The molecule has 2 aromatic rings. The van der Waals surface area contributed by atoms with Crippen LogP contribution in [0.1, 0.15) is 30.9 Å². The average molecular weight is 387 g/mol. The van der Waals surface area contributed by atoms with E-state index in [9.17, 15) is 4.39 Å². The van der Waals surface area contributed by atoms with Crippen molar-refractivity contribution in [1.29, 1.82) is 0 Å². The van der Waals surface area contributed by atoms with Gasteiger partial charge in [0.05, 0.1) is 19.3 Å². The molecule has 0 saturated carbocycles. The van der Waals surface area contributed by atoms with Gasteiger partial charge in [-0.05, 0) is 49.9 Å². The normalized spacial score (nSPS) is 16.3. The summed E-state index contributed by atoms with van der Waals surface area (Å²) in [6.45, 7) is 9.38. The molecule has 1 aromatic carbocycles. The lowest BCUT2D eigenvalue weighted by Crippen LogP contribution is -2.48. The molecule has 1 aromatic heterocycles. The average Bonchev–Trinajstić information content (AvgIpc) is 3.10. The van der Waals surface area contributed by atoms with E-state index < -0.39 is 0 Å². The molecule has 1 aliphatic rings. The maximum absolute atomic E-state index is 13.0. The van der Waals surface area contributed by atoms with Crippen molar-refractivity contribution in [3.63, 3.8) is 0 Å². The molecule has 0 unspecified atom stereocenters. The molecule has 0 amide bonds. The predicted octanol–water partition coefficient (Wildman–Crippen LogP) is 2.55. The van der Waals surface area contributed by atoms with Crippen molar-refractivity contribution in [2.75, 3.05) is 26.2 Å². The Labute approximate surface area is 166 Å². The van der Waals surface area contributed by atoms with E-state index in [1.165, 1.54) is 17.7 Å². The quantitative estimate of drug-likeness (QED) is 0.567. The molecule has 1 aliphatic heterocycles. The fourth-order valence-electron chi connectivity index (χ4n) is 3.45. The van der Waals surface area contributed by atoms with Crippen molar-refractivity contribution >= 4 is 5.96 Å². The third-order valence-electron chi connectivity index (χ3n) is 4.95. The number of hydrogen-bond donors (Lipinski definition) is 2. The van der Waals surface area contributed by atoms with Crippen molar-refractivity contribution < 1.29 is 4.39 Å². The van der Waals surface area contributed by atoms with E-state index in [0.29, 0.717) is 12.6 Å². The molecule has 1 fully saturated rings. The molecule has 28 heavy (non-hydrogen) atoms. The molecular weight excluding hydrogens is 355 g/mol. The number of aryl methyl sites for hydroxylation is 1. The second-order valence-corrected chi connectivity index (χ2v) is 7.36. The molecule has 2 N–H and O–H groups in total. The molecule has 6 nitrogen and oxygen atoms in total. The Morgan fingerprint density at radius 1 is 1.25 bits per heavy atom. The van der Waals surface area contributed by atoms with Gasteiger partial charge < -0.3 is 10.6 Å². The SMILES string of the molecule is CCNC(=NCCn1cc(C)cn1)NC1CCN(Cc2ccc(F)cc2)CC1. The number of hydrogen-bond acceptors (Lipinski definition) is 3. The molecule has 0 bridgehead atoms. The topological polar surface area (TPSA) is 57.5 Å². The van der Waals surface area contributed by atoms with Crippen LogP contribution in [0.25, 0.3) is 0 Å². The van der Waals surface area contributed by atoms with Crippen LogP contribution >= 0.6 is 0 Å². The molecule has 0 aliphatic carbocycles. The summed E-state index contributed by atoms with van der Waals surface area (Å²) in [7, 11) is 0. The Morgan fingerprint density at radius 3 is 2.64 bits per heavy atom. The Bertz CT molecular complexity index is 747. The van der Waals surface area contributed by atoms with Crippen LogP contribution in [0.2, 0.25) is 0 Å². The zero-order valence-electron chi connectivity index (χ0n) is 16.9. The third kappa shape index (κ3) is 6.34. The number of benzene rings is 1. The Kier molecular flexibility index (Phi) is 7.42. The molecule has 0 spiro atoms. The van der Waals surface area contributed by atoms with Gasteiger partial charge in [0.15, 0.2) is 5.96 Å². The number of guanidine groups is 1. The van der Waals surface area contributed by atoms with Crippen molar-refractivity contribution in [3.05, 3.63) is 53.6 Å². The number of nitrogens with zero attached hydrogens (tertiary/aromatic N) is 4. The number of rotatable bonds is 7. The fraction of sp³-hybridized carbons (Fsp3) is 0.524. The van der Waals surface area contributed by atoms with Gasteiger partial charge >= 0.3 is 0 Å². The van der Waals surface area contributed by atoms with Crippen molar-refractivity contribution in [3.8, 4) is 0 Å². The first-order valence-electron chi connectivity index (χ1n) is 10.1. The van der Waals surface area contributed by atoms with Gasteiger partial charge in [-0.15, -0.1) is 0 Å². The van der Waals surface area contributed by atoms with E-state index in [0.717, 1.165) is 57.1 Å². The van der Waals surface area contributed by atoms with Gasteiger partial charge in [-0.25, -0.2) is 4.39 Å². The molecule has 7 heteroatoms. The summed E-state index contributed by atoms with van der Waals surface area (Å²) in [5, 5.41) is 11.2. The number of aliphatic imine (C=N–C) groups is 1. The number of piperidine rings is 1. The van der Waals surface area contributed by atoms with Gasteiger partial charge in [-0.1, -0.05) is 12.1 Å². The standard InChI is InChI=1S/C21H31FN6/c1-3-23-21(24-10-13-28-15-17(2)14-25-28)26-20-8-11-27(12-9-20)16-18-4-6-19(22)7-5-18/h4-7,14-15,20H,3,8-13,16H2,1-2H3,(H2,23,24,26). The number of halogens is 1. The zero-order valence-corrected chi connectivity index (χ0v) is 16.9. The van der Waals surface area contributed by atoms with Crippen molar-refractivity contribution in [2.24, 2.45) is 4.99 Å². The van der Waals surface area contributed by atoms with Crippen LogP contribution in [0.3, 0.4) is 0 Å². The van der Waals surface area contributed by atoms with E-state index in [1.807, 2.05) is 36.1 Å².